The van der Waals surface area contributed by atoms with Crippen LogP contribution in [0.2, 0.25) is 0 Å². The maximum Gasteiger partial charge on any atom is 0.225 e. The van der Waals surface area contributed by atoms with E-state index < -0.39 is 0 Å². The summed E-state index contributed by atoms with van der Waals surface area (Å²) in [7, 11) is 0. The van der Waals surface area contributed by atoms with Gasteiger partial charge in [-0.3, -0.25) is 4.99 Å². The highest BCUT2D eigenvalue weighted by Crippen LogP contribution is 2.07. The monoisotopic (exact) mass is 165 g/mol. The molecular formula is C10H17N2+. The van der Waals surface area contributed by atoms with Gasteiger partial charge in [0.15, 0.2) is 0 Å². The lowest BCUT2D eigenvalue weighted by Gasteiger charge is -1.99. The zero-order valence-corrected chi connectivity index (χ0v) is 8.17. The van der Waals surface area contributed by atoms with Crippen molar-refractivity contribution < 1.29 is 4.58 Å². The molecule has 0 aromatic rings. The predicted octanol–water partition coefficient (Wildman–Crippen LogP) is 2.23. The van der Waals surface area contributed by atoms with Gasteiger partial charge in [-0.1, -0.05) is 6.08 Å². The Hall–Kier alpha value is -1.18. The second-order valence-corrected chi connectivity index (χ2v) is 2.48. The molecule has 0 aliphatic rings. The molecule has 0 aliphatic heterocycles. The van der Waals surface area contributed by atoms with Crippen molar-refractivity contribution in [3.63, 3.8) is 0 Å². The summed E-state index contributed by atoms with van der Waals surface area (Å²) >= 11 is 0. The van der Waals surface area contributed by atoms with Gasteiger partial charge in [-0.25, -0.2) is 4.58 Å². The van der Waals surface area contributed by atoms with Crippen molar-refractivity contribution in [2.45, 2.75) is 20.8 Å². The lowest BCUT2D eigenvalue weighted by atomic mass is 10.3. The van der Waals surface area contributed by atoms with Crippen LogP contribution in [0.1, 0.15) is 20.8 Å². The second-order valence-electron chi connectivity index (χ2n) is 2.48. The van der Waals surface area contributed by atoms with Crippen molar-refractivity contribution in [2.75, 3.05) is 6.54 Å². The van der Waals surface area contributed by atoms with E-state index in [0.29, 0.717) is 0 Å². The van der Waals surface area contributed by atoms with Gasteiger partial charge in [0.05, 0.1) is 0 Å². The second kappa shape index (κ2) is 5.47. The van der Waals surface area contributed by atoms with E-state index in [1.165, 1.54) is 0 Å². The molecule has 0 N–H and O–H groups in total. The molecule has 0 rings (SSSR count). The highest BCUT2D eigenvalue weighted by atomic mass is 15.0. The molecule has 0 radical (unpaired) electrons. The van der Waals surface area contributed by atoms with E-state index in [1.54, 1.807) is 0 Å². The normalized spacial score (nSPS) is 12.9. The van der Waals surface area contributed by atoms with Crippen LogP contribution >= 0.6 is 0 Å². The molecule has 0 spiro atoms. The minimum absolute atomic E-state index is 0.868. The third-order valence-electron chi connectivity index (χ3n) is 1.65. The number of allylic oxidation sites excluding steroid dienone is 3. The third kappa shape index (κ3) is 2.82. The standard InChI is InChI=1S/C10H17N2/c1-6-8-10(9(3)11-4)12(5)7-2/h6,8H,4-5,7H2,1-3H3/q+1. The van der Waals surface area contributed by atoms with Crippen LogP contribution in [0.3, 0.4) is 0 Å². The molecule has 2 nitrogen and oxygen atoms in total. The smallest absolute Gasteiger partial charge is 0.225 e. The van der Waals surface area contributed by atoms with Gasteiger partial charge in [0.2, 0.25) is 5.70 Å². The Balaban J connectivity index is 4.90. The molecule has 0 saturated heterocycles. The van der Waals surface area contributed by atoms with Gasteiger partial charge in [-0.05, 0) is 27.5 Å². The fourth-order valence-corrected chi connectivity index (χ4v) is 0.864. The fourth-order valence-electron chi connectivity index (χ4n) is 0.864. The maximum atomic E-state index is 3.88. The lowest BCUT2D eigenvalue weighted by molar-refractivity contribution is -0.459. The van der Waals surface area contributed by atoms with Crippen LogP contribution in [0.25, 0.3) is 0 Å². The molecule has 0 fully saturated rings. The lowest BCUT2D eigenvalue weighted by Crippen LogP contribution is -2.07. The number of likely N-dealkylation sites (N-methyl/N-ethyl adjacent to an activating group) is 1. The van der Waals surface area contributed by atoms with E-state index >= 15 is 0 Å². The van der Waals surface area contributed by atoms with Gasteiger partial charge in [0.25, 0.3) is 0 Å². The topological polar surface area (TPSA) is 15.4 Å². The molecule has 0 heterocycles. The van der Waals surface area contributed by atoms with E-state index in [9.17, 15) is 0 Å². The summed E-state index contributed by atoms with van der Waals surface area (Å²) in [6.45, 7) is 14.2. The van der Waals surface area contributed by atoms with E-state index in [0.717, 1.165) is 17.9 Å². The van der Waals surface area contributed by atoms with Crippen LogP contribution in [0.15, 0.2) is 28.5 Å². The summed E-state index contributed by atoms with van der Waals surface area (Å²) in [5, 5.41) is 0. The van der Waals surface area contributed by atoms with Crippen LogP contribution < -0.4 is 0 Å². The number of hydrogen-bond donors (Lipinski definition) is 0. The maximum absolute atomic E-state index is 3.88. The van der Waals surface area contributed by atoms with Gasteiger partial charge in [0, 0.05) is 6.08 Å². The molecule has 0 aromatic heterocycles. The summed E-state index contributed by atoms with van der Waals surface area (Å²) in [5.41, 5.74) is 1.93. The minimum Gasteiger partial charge on any atom is -0.262 e. The van der Waals surface area contributed by atoms with Crippen LogP contribution in [0.5, 0.6) is 0 Å². The molecule has 0 aliphatic carbocycles. The average molecular weight is 165 g/mol. The summed E-state index contributed by atoms with van der Waals surface area (Å²) in [5.74, 6) is 0. The molecule has 0 bridgehead atoms. The van der Waals surface area contributed by atoms with E-state index in [2.05, 4.69) is 18.4 Å². The van der Waals surface area contributed by atoms with Crippen molar-refractivity contribution >= 4 is 13.4 Å². The van der Waals surface area contributed by atoms with Crippen molar-refractivity contribution in [3.05, 3.63) is 23.5 Å². The van der Waals surface area contributed by atoms with E-state index in [-0.39, 0.29) is 0 Å². The van der Waals surface area contributed by atoms with Crippen molar-refractivity contribution in [1.82, 2.24) is 0 Å². The highest BCUT2D eigenvalue weighted by molar-refractivity contribution is 5.32. The SMILES string of the molecule is C=NC(C)=C(C=CC)[N+](=C)CC. The van der Waals surface area contributed by atoms with Crippen LogP contribution in [-0.2, 0) is 0 Å². The highest BCUT2D eigenvalue weighted by Gasteiger charge is 2.07. The molecule has 0 unspecified atom stereocenters. The van der Waals surface area contributed by atoms with Crippen molar-refractivity contribution in [1.29, 1.82) is 0 Å². The minimum atomic E-state index is 0.868. The van der Waals surface area contributed by atoms with E-state index in [1.807, 2.05) is 37.5 Å². The van der Waals surface area contributed by atoms with Crippen molar-refractivity contribution in [2.24, 2.45) is 4.99 Å². The summed E-state index contributed by atoms with van der Waals surface area (Å²) < 4.78 is 1.89. The zero-order chi connectivity index (χ0) is 9.56. The fraction of sp³-hybridized carbons (Fsp3) is 0.400. The van der Waals surface area contributed by atoms with Crippen molar-refractivity contribution in [3.8, 4) is 0 Å². The van der Waals surface area contributed by atoms with E-state index in [4.69, 9.17) is 0 Å². The van der Waals surface area contributed by atoms with Gasteiger partial charge in [-0.15, -0.1) is 0 Å². The first-order chi connectivity index (χ1) is 5.67. The molecule has 66 valence electrons. The average Bonchev–Trinajstić information content (AvgIpc) is 2.11. The first-order valence-corrected chi connectivity index (χ1v) is 4.05. The summed E-state index contributed by atoms with van der Waals surface area (Å²) in [6.07, 6.45) is 3.96. The summed E-state index contributed by atoms with van der Waals surface area (Å²) in [4.78, 5) is 3.87. The van der Waals surface area contributed by atoms with Crippen LogP contribution in [0.4, 0.5) is 0 Å². The zero-order valence-electron chi connectivity index (χ0n) is 8.17. The van der Waals surface area contributed by atoms with Gasteiger partial charge in [-0.2, -0.15) is 0 Å². The number of hydrogen-bond acceptors (Lipinski definition) is 1. The molecule has 0 atom stereocenters. The molecule has 0 aromatic carbocycles. The Kier molecular flexibility index (Phi) is 4.93. The number of rotatable bonds is 4. The van der Waals surface area contributed by atoms with Crippen LogP contribution in [-0.4, -0.2) is 24.6 Å². The molecule has 0 amide bonds. The molecular weight excluding hydrogens is 148 g/mol. The molecule has 0 saturated carbocycles. The number of aliphatic imine (C=N–C) groups is 1. The number of nitrogens with zero attached hydrogens (tertiary/aromatic N) is 2. The molecule has 2 heteroatoms. The first kappa shape index (κ1) is 10.8. The summed E-state index contributed by atoms with van der Waals surface area (Å²) in [6, 6.07) is 0. The Morgan fingerprint density at radius 2 is 2.17 bits per heavy atom. The Labute approximate surface area is 74.6 Å². The molecule has 12 heavy (non-hydrogen) atoms. The van der Waals surface area contributed by atoms with Crippen LogP contribution in [0, 0.1) is 0 Å². The quantitative estimate of drug-likeness (QED) is 0.345. The predicted molar refractivity (Wildman–Crippen MR) is 55.0 cm³/mol. The van der Waals surface area contributed by atoms with Gasteiger partial charge < -0.3 is 0 Å². The van der Waals surface area contributed by atoms with Gasteiger partial charge >= 0.3 is 0 Å². The third-order valence-corrected chi connectivity index (χ3v) is 1.65. The first-order valence-electron chi connectivity index (χ1n) is 4.05. The van der Waals surface area contributed by atoms with Gasteiger partial charge in [0.1, 0.15) is 19.0 Å². The largest absolute Gasteiger partial charge is 0.262 e. The Bertz CT molecular complexity index is 234. The Morgan fingerprint density at radius 1 is 1.58 bits per heavy atom. The Morgan fingerprint density at radius 3 is 2.50 bits per heavy atom.